The first-order valence-corrected chi connectivity index (χ1v) is 7.80. The Morgan fingerprint density at radius 2 is 0.524 bits per heavy atom. The van der Waals surface area contributed by atoms with Gasteiger partial charge in [0.1, 0.15) is 0 Å². The van der Waals surface area contributed by atoms with Crippen LogP contribution in [0.25, 0.3) is 0 Å². The summed E-state index contributed by atoms with van der Waals surface area (Å²) in [7, 11) is 0. The molecular weight excluding hydrogens is 437 g/mol. The number of aliphatic hydroxyl groups is 4. The first-order chi connectivity index (χ1) is 9.08. The predicted molar refractivity (Wildman–Crippen MR) is 87.9 cm³/mol. The van der Waals surface area contributed by atoms with Crippen LogP contribution in [0, 0.1) is 0 Å². The molecule has 133 valence electrons. The molecule has 4 atom stereocenters. The molecular formula is C16H40O4Ta. The molecule has 0 aromatic heterocycles. The molecule has 21 heavy (non-hydrogen) atoms. The van der Waals surface area contributed by atoms with E-state index in [2.05, 4.69) is 0 Å². The van der Waals surface area contributed by atoms with E-state index in [1.54, 1.807) is 27.7 Å². The third-order valence-electron chi connectivity index (χ3n) is 2.36. The maximum Gasteiger partial charge on any atom is 0.0509 e. The molecule has 0 bridgehead atoms. The van der Waals surface area contributed by atoms with Gasteiger partial charge in [-0.3, -0.25) is 0 Å². The molecule has 0 amide bonds. The van der Waals surface area contributed by atoms with Crippen molar-refractivity contribution in [2.45, 2.75) is 105 Å². The van der Waals surface area contributed by atoms with Crippen LogP contribution < -0.4 is 0 Å². The monoisotopic (exact) mass is 477 g/mol. The van der Waals surface area contributed by atoms with Crippen molar-refractivity contribution >= 4 is 0 Å². The summed E-state index contributed by atoms with van der Waals surface area (Å²) in [6.45, 7) is 14.9. The quantitative estimate of drug-likeness (QED) is 0.502. The molecule has 0 saturated heterocycles. The van der Waals surface area contributed by atoms with Crippen molar-refractivity contribution in [2.75, 3.05) is 0 Å². The molecule has 0 aliphatic heterocycles. The number of rotatable bonds is 4. The third kappa shape index (κ3) is 96.5. The molecule has 4 unspecified atom stereocenters. The van der Waals surface area contributed by atoms with Crippen molar-refractivity contribution in [1.82, 2.24) is 0 Å². The van der Waals surface area contributed by atoms with Crippen LogP contribution >= 0.6 is 0 Å². The molecule has 0 spiro atoms. The van der Waals surface area contributed by atoms with Crippen molar-refractivity contribution in [3.8, 4) is 0 Å². The molecule has 0 saturated carbocycles. The molecule has 0 aliphatic rings. The second kappa shape index (κ2) is 28.7. The largest absolute Gasteiger partial charge is 0.393 e. The normalized spacial score (nSPS) is 14.3. The van der Waals surface area contributed by atoms with E-state index in [1.165, 1.54) is 0 Å². The first-order valence-electron chi connectivity index (χ1n) is 7.80. The summed E-state index contributed by atoms with van der Waals surface area (Å²) < 4.78 is 0. The Labute approximate surface area is 148 Å². The van der Waals surface area contributed by atoms with E-state index in [-0.39, 0.29) is 46.8 Å². The van der Waals surface area contributed by atoms with Crippen LogP contribution in [0.1, 0.15) is 81.1 Å². The van der Waals surface area contributed by atoms with E-state index in [1.807, 2.05) is 27.7 Å². The Balaban J connectivity index is -0.0000000533. The van der Waals surface area contributed by atoms with Gasteiger partial charge in [0.25, 0.3) is 0 Å². The van der Waals surface area contributed by atoms with Crippen molar-refractivity contribution < 1.29 is 42.8 Å². The molecule has 4 nitrogen and oxygen atoms in total. The summed E-state index contributed by atoms with van der Waals surface area (Å²) in [5.41, 5.74) is 0. The van der Waals surface area contributed by atoms with E-state index >= 15 is 0 Å². The van der Waals surface area contributed by atoms with E-state index in [0.29, 0.717) is 0 Å². The second-order valence-corrected chi connectivity index (χ2v) is 5.03. The SMILES string of the molecule is CCC(C)O.CCC(C)O.CCC(C)O.CCC(C)O.[Ta]. The van der Waals surface area contributed by atoms with E-state index in [0.717, 1.165) is 25.7 Å². The van der Waals surface area contributed by atoms with Gasteiger partial charge >= 0.3 is 0 Å². The molecule has 4 N–H and O–H groups in total. The Morgan fingerprint density at radius 3 is 0.524 bits per heavy atom. The average Bonchev–Trinajstić information content (AvgIpc) is 2.40. The van der Waals surface area contributed by atoms with E-state index < -0.39 is 0 Å². The fraction of sp³-hybridized carbons (Fsp3) is 1.00. The summed E-state index contributed by atoms with van der Waals surface area (Å²) in [6.07, 6.45) is 2.98. The maximum atomic E-state index is 8.36. The van der Waals surface area contributed by atoms with Crippen molar-refractivity contribution in [3.63, 3.8) is 0 Å². The van der Waals surface area contributed by atoms with Crippen LogP contribution in [-0.4, -0.2) is 44.8 Å². The van der Waals surface area contributed by atoms with Gasteiger partial charge in [-0.15, -0.1) is 0 Å². The van der Waals surface area contributed by atoms with Crippen molar-refractivity contribution in [2.24, 2.45) is 0 Å². The van der Waals surface area contributed by atoms with Crippen LogP contribution in [0.4, 0.5) is 0 Å². The van der Waals surface area contributed by atoms with Gasteiger partial charge in [-0.05, 0) is 53.4 Å². The molecule has 0 heterocycles. The molecule has 0 fully saturated rings. The van der Waals surface area contributed by atoms with Gasteiger partial charge in [-0.25, -0.2) is 0 Å². The minimum absolute atomic E-state index is 0. The van der Waals surface area contributed by atoms with Crippen LogP contribution in [0.5, 0.6) is 0 Å². The second-order valence-electron chi connectivity index (χ2n) is 5.03. The van der Waals surface area contributed by atoms with Gasteiger partial charge in [0.15, 0.2) is 0 Å². The number of hydrogen-bond donors (Lipinski definition) is 4. The predicted octanol–water partition coefficient (Wildman–Crippen LogP) is 3.11. The Morgan fingerprint density at radius 1 is 0.476 bits per heavy atom. The summed E-state index contributed by atoms with van der Waals surface area (Å²) in [6, 6.07) is 0. The number of hydrogen-bond acceptors (Lipinski definition) is 4. The molecule has 0 aromatic carbocycles. The molecule has 0 rings (SSSR count). The van der Waals surface area contributed by atoms with Gasteiger partial charge in [0, 0.05) is 22.4 Å². The zero-order valence-electron chi connectivity index (χ0n) is 15.4. The van der Waals surface area contributed by atoms with Crippen molar-refractivity contribution in [1.29, 1.82) is 0 Å². The van der Waals surface area contributed by atoms with Crippen LogP contribution in [0.15, 0.2) is 0 Å². The fourth-order valence-corrected chi connectivity index (χ4v) is 0. The maximum absolute atomic E-state index is 8.36. The Hall–Kier alpha value is 0.580. The minimum Gasteiger partial charge on any atom is -0.393 e. The summed E-state index contributed by atoms with van der Waals surface area (Å²) >= 11 is 0. The summed E-state index contributed by atoms with van der Waals surface area (Å²) in [5.74, 6) is 0. The zero-order valence-corrected chi connectivity index (χ0v) is 18.6. The first kappa shape index (κ1) is 33.2. The van der Waals surface area contributed by atoms with Gasteiger partial charge < -0.3 is 20.4 Å². The minimum atomic E-state index is -0.116. The van der Waals surface area contributed by atoms with Crippen LogP contribution in [0.3, 0.4) is 0 Å². The Kier molecular flexibility index (Phi) is 45.4. The van der Waals surface area contributed by atoms with Gasteiger partial charge in [0.05, 0.1) is 24.4 Å². The molecule has 0 aliphatic carbocycles. The van der Waals surface area contributed by atoms with E-state index in [9.17, 15) is 0 Å². The van der Waals surface area contributed by atoms with Gasteiger partial charge in [-0.2, -0.15) is 0 Å². The average molecular weight is 477 g/mol. The summed E-state index contributed by atoms with van der Waals surface area (Å²) in [4.78, 5) is 0. The fourth-order valence-electron chi connectivity index (χ4n) is 0. The zero-order chi connectivity index (χ0) is 17.1. The molecule has 5 heteroatoms. The Bertz CT molecular complexity index is 108. The smallest absolute Gasteiger partial charge is 0.0509 e. The topological polar surface area (TPSA) is 80.9 Å². The third-order valence-corrected chi connectivity index (χ3v) is 2.36. The van der Waals surface area contributed by atoms with Gasteiger partial charge in [0.2, 0.25) is 0 Å². The molecule has 1 radical (unpaired) electrons. The summed E-state index contributed by atoms with van der Waals surface area (Å²) in [5, 5.41) is 33.4. The van der Waals surface area contributed by atoms with Crippen molar-refractivity contribution in [3.05, 3.63) is 0 Å². The van der Waals surface area contributed by atoms with Gasteiger partial charge in [-0.1, -0.05) is 27.7 Å². The molecule has 0 aromatic rings. The van der Waals surface area contributed by atoms with Crippen LogP contribution in [0.2, 0.25) is 0 Å². The number of aliphatic hydroxyl groups excluding tert-OH is 4. The van der Waals surface area contributed by atoms with Crippen LogP contribution in [-0.2, 0) is 22.4 Å². The standard InChI is InChI=1S/4C4H10O.Ta/c4*1-3-4(2)5;/h4*4-5H,3H2,1-2H3;. The van der Waals surface area contributed by atoms with E-state index in [4.69, 9.17) is 20.4 Å².